The average Bonchev–Trinajstić information content (AvgIpc) is 3.01. The lowest BCUT2D eigenvalue weighted by atomic mass is 10.0. The number of nitrogen functional groups attached to an aromatic ring is 2. The van der Waals surface area contributed by atoms with Gasteiger partial charge in [0.1, 0.15) is 17.5 Å². The molecule has 0 amide bonds. The third kappa shape index (κ3) is 2.23. The summed E-state index contributed by atoms with van der Waals surface area (Å²) < 4.78 is 4.69. The maximum absolute atomic E-state index is 9.17. The van der Waals surface area contributed by atoms with Gasteiger partial charge in [0.25, 0.3) is 0 Å². The Kier molecular flexibility index (Phi) is 2.93. The topological polar surface area (TPSA) is 141 Å². The van der Waals surface area contributed by atoms with Gasteiger partial charge in [-0.2, -0.15) is 15.2 Å². The number of nitrogens with zero attached hydrogens (tertiary/aromatic N) is 5. The van der Waals surface area contributed by atoms with Crippen LogP contribution in [-0.4, -0.2) is 20.1 Å². The van der Waals surface area contributed by atoms with Crippen LogP contribution in [-0.2, 0) is 0 Å². The Morgan fingerprint density at radius 1 is 1.05 bits per heavy atom. The zero-order valence-corrected chi connectivity index (χ0v) is 10.7. The number of nitrogens with two attached hydrogens (primary N) is 2. The highest BCUT2D eigenvalue weighted by Crippen LogP contribution is 2.27. The summed E-state index contributed by atoms with van der Waals surface area (Å²) >= 11 is 0. The number of hydrogen-bond donors (Lipinski definition) is 2. The van der Waals surface area contributed by atoms with E-state index < -0.39 is 0 Å². The van der Waals surface area contributed by atoms with Crippen LogP contribution >= 0.6 is 0 Å². The van der Waals surface area contributed by atoms with Gasteiger partial charge in [0.15, 0.2) is 0 Å². The third-order valence-electron chi connectivity index (χ3n) is 2.84. The van der Waals surface area contributed by atoms with Crippen LogP contribution in [0.3, 0.4) is 0 Å². The summed E-state index contributed by atoms with van der Waals surface area (Å²) in [5, 5.41) is 12.9. The second kappa shape index (κ2) is 4.90. The highest BCUT2D eigenvalue weighted by Gasteiger charge is 2.13. The lowest BCUT2D eigenvalue weighted by molar-refractivity contribution is 0.419. The van der Waals surface area contributed by atoms with Crippen molar-refractivity contribution in [1.29, 1.82) is 5.26 Å². The Balaban J connectivity index is 2.08. The molecule has 3 rings (SSSR count). The second-order valence-electron chi connectivity index (χ2n) is 4.13. The zero-order chi connectivity index (χ0) is 14.8. The molecule has 0 radical (unpaired) electrons. The van der Waals surface area contributed by atoms with Crippen LogP contribution < -0.4 is 11.5 Å². The van der Waals surface area contributed by atoms with Crippen LogP contribution in [0.2, 0.25) is 0 Å². The van der Waals surface area contributed by atoms with E-state index in [4.69, 9.17) is 16.0 Å². The van der Waals surface area contributed by atoms with Gasteiger partial charge in [-0.15, -0.1) is 0 Å². The molecule has 0 unspecified atom stereocenters. The van der Waals surface area contributed by atoms with Crippen LogP contribution in [0.5, 0.6) is 0 Å². The molecule has 8 nitrogen and oxygen atoms in total. The molecule has 102 valence electrons. The molecule has 0 bridgehead atoms. The predicted octanol–water partition coefficient (Wildman–Crippen LogP) is 1.23. The Bertz CT molecular complexity index is 819. The molecular weight excluding hydrogens is 270 g/mol. The lowest BCUT2D eigenvalue weighted by Crippen LogP contribution is -2.04. The summed E-state index contributed by atoms with van der Waals surface area (Å²) in [4.78, 5) is 11.8. The predicted molar refractivity (Wildman–Crippen MR) is 74.3 cm³/mol. The van der Waals surface area contributed by atoms with Gasteiger partial charge in [-0.1, -0.05) is 29.4 Å². The Morgan fingerprint density at radius 3 is 2.38 bits per heavy atom. The fourth-order valence-corrected chi connectivity index (χ4v) is 1.89. The summed E-state index contributed by atoms with van der Waals surface area (Å²) in [6, 6.07) is 9.10. The Hall–Kier alpha value is -3.47. The van der Waals surface area contributed by atoms with Gasteiger partial charge in [0.05, 0.1) is 5.69 Å². The van der Waals surface area contributed by atoms with Crippen LogP contribution in [0.25, 0.3) is 22.6 Å². The molecule has 1 aromatic carbocycles. The van der Waals surface area contributed by atoms with Gasteiger partial charge in [-0.3, -0.25) is 0 Å². The quantitative estimate of drug-likeness (QED) is 0.713. The van der Waals surface area contributed by atoms with Crippen molar-refractivity contribution in [3.8, 4) is 28.7 Å². The molecule has 3 aromatic rings. The number of aromatic nitrogens is 4. The van der Waals surface area contributed by atoms with Crippen molar-refractivity contribution < 1.29 is 4.52 Å². The van der Waals surface area contributed by atoms with Crippen molar-refractivity contribution in [2.75, 3.05) is 11.5 Å². The van der Waals surface area contributed by atoms with E-state index in [0.29, 0.717) is 17.1 Å². The van der Waals surface area contributed by atoms with Crippen molar-refractivity contribution in [2.45, 2.75) is 0 Å². The largest absolute Gasteiger partial charge is 0.382 e. The number of anilines is 2. The number of benzene rings is 1. The molecule has 4 N–H and O–H groups in total. The number of nitriles is 1. The first-order valence-electron chi connectivity index (χ1n) is 5.89. The first-order chi connectivity index (χ1) is 10.2. The maximum atomic E-state index is 9.17. The molecule has 0 atom stereocenters. The van der Waals surface area contributed by atoms with Gasteiger partial charge < -0.3 is 16.0 Å². The van der Waals surface area contributed by atoms with Crippen LogP contribution in [0, 0.1) is 11.3 Å². The molecule has 0 saturated carbocycles. The second-order valence-corrected chi connectivity index (χ2v) is 4.13. The maximum Gasteiger partial charge on any atom is 0.222 e. The molecule has 0 aliphatic carbocycles. The SMILES string of the molecule is N#Cc1c(N)nc(N)nc1-c1ccc(-c2ncon2)cc1. The first-order valence-corrected chi connectivity index (χ1v) is 5.89. The molecule has 0 aliphatic rings. The van der Waals surface area contributed by atoms with Gasteiger partial charge >= 0.3 is 0 Å². The van der Waals surface area contributed by atoms with E-state index in [1.54, 1.807) is 24.3 Å². The van der Waals surface area contributed by atoms with E-state index in [9.17, 15) is 5.26 Å². The van der Waals surface area contributed by atoms with E-state index in [2.05, 4.69) is 20.1 Å². The summed E-state index contributed by atoms with van der Waals surface area (Å²) in [5.41, 5.74) is 13.3. The van der Waals surface area contributed by atoms with Gasteiger partial charge in [0, 0.05) is 11.1 Å². The van der Waals surface area contributed by atoms with E-state index in [0.717, 1.165) is 5.56 Å². The molecule has 8 heteroatoms. The minimum atomic E-state index is 0.0174. The van der Waals surface area contributed by atoms with Crippen LogP contribution in [0.15, 0.2) is 35.2 Å². The minimum absolute atomic E-state index is 0.0174. The molecule has 2 heterocycles. The molecular formula is C13H9N7O. The molecule has 2 aromatic heterocycles. The van der Waals surface area contributed by atoms with Crippen LogP contribution in [0.4, 0.5) is 11.8 Å². The van der Waals surface area contributed by atoms with Gasteiger partial charge in [-0.25, -0.2) is 4.98 Å². The Labute approximate surface area is 119 Å². The fourth-order valence-electron chi connectivity index (χ4n) is 1.89. The molecule has 0 aliphatic heterocycles. The van der Waals surface area contributed by atoms with Crippen molar-refractivity contribution in [2.24, 2.45) is 0 Å². The smallest absolute Gasteiger partial charge is 0.222 e. The highest BCUT2D eigenvalue weighted by molar-refractivity contribution is 5.74. The number of rotatable bonds is 2. The summed E-state index contributed by atoms with van der Waals surface area (Å²) in [7, 11) is 0. The van der Waals surface area contributed by atoms with E-state index in [-0.39, 0.29) is 17.3 Å². The summed E-state index contributed by atoms with van der Waals surface area (Å²) in [6.45, 7) is 0. The molecule has 21 heavy (non-hydrogen) atoms. The van der Waals surface area contributed by atoms with E-state index in [1.807, 2.05) is 6.07 Å². The van der Waals surface area contributed by atoms with Crippen molar-refractivity contribution in [1.82, 2.24) is 20.1 Å². The highest BCUT2D eigenvalue weighted by atomic mass is 16.5. The molecule has 0 spiro atoms. The van der Waals surface area contributed by atoms with Crippen molar-refractivity contribution >= 4 is 11.8 Å². The van der Waals surface area contributed by atoms with E-state index in [1.165, 1.54) is 6.39 Å². The average molecular weight is 279 g/mol. The zero-order valence-electron chi connectivity index (χ0n) is 10.7. The monoisotopic (exact) mass is 279 g/mol. The summed E-state index contributed by atoms with van der Waals surface area (Å²) in [6.07, 6.45) is 1.25. The van der Waals surface area contributed by atoms with Crippen molar-refractivity contribution in [3.05, 3.63) is 36.2 Å². The minimum Gasteiger partial charge on any atom is -0.382 e. The normalized spacial score (nSPS) is 10.2. The number of hydrogen-bond acceptors (Lipinski definition) is 8. The fraction of sp³-hybridized carbons (Fsp3) is 0. The third-order valence-corrected chi connectivity index (χ3v) is 2.84. The molecule has 0 fully saturated rings. The first kappa shape index (κ1) is 12.6. The van der Waals surface area contributed by atoms with Gasteiger partial charge in [-0.05, 0) is 0 Å². The standard InChI is InChI=1S/C13H9N7O/c14-5-9-10(18-13(16)19-11(9)15)7-1-3-8(4-2-7)12-17-6-21-20-12/h1-4,6H,(H4,15,16,18,19). The Morgan fingerprint density at radius 2 is 1.76 bits per heavy atom. The van der Waals surface area contributed by atoms with Crippen LogP contribution in [0.1, 0.15) is 5.56 Å². The summed E-state index contributed by atoms with van der Waals surface area (Å²) in [5.74, 6) is 0.551. The van der Waals surface area contributed by atoms with Gasteiger partial charge in [0.2, 0.25) is 18.2 Å². The molecule has 0 saturated heterocycles. The van der Waals surface area contributed by atoms with E-state index >= 15 is 0 Å². The lowest BCUT2D eigenvalue weighted by Gasteiger charge is -2.06. The van der Waals surface area contributed by atoms with Crippen molar-refractivity contribution in [3.63, 3.8) is 0 Å².